The lowest BCUT2D eigenvalue weighted by Crippen LogP contribution is -2.57. The Balaban J connectivity index is 2.10. The third-order valence-electron chi connectivity index (χ3n) is 6.31. The van der Waals surface area contributed by atoms with Crippen molar-refractivity contribution in [2.75, 3.05) is 13.1 Å². The van der Waals surface area contributed by atoms with Crippen molar-refractivity contribution < 1.29 is 24.3 Å². The molecule has 9 heteroatoms. The first kappa shape index (κ1) is 25.1. The predicted octanol–water partition coefficient (Wildman–Crippen LogP) is 0.876. The molecule has 0 aromatic carbocycles. The van der Waals surface area contributed by atoms with E-state index in [-0.39, 0.29) is 29.7 Å². The fourth-order valence-corrected chi connectivity index (χ4v) is 4.31. The second-order valence-corrected chi connectivity index (χ2v) is 9.24. The molecule has 0 bridgehead atoms. The minimum Gasteiger partial charge on any atom is -0.480 e. The second kappa shape index (κ2) is 11.5. The van der Waals surface area contributed by atoms with Crippen LogP contribution in [0.2, 0.25) is 0 Å². The van der Waals surface area contributed by atoms with Gasteiger partial charge in [0.1, 0.15) is 18.1 Å². The fraction of sp³-hybridized carbons (Fsp3) is 0.818. The maximum atomic E-state index is 13.4. The van der Waals surface area contributed by atoms with Gasteiger partial charge in [0.2, 0.25) is 17.7 Å². The zero-order chi connectivity index (χ0) is 23.1. The molecule has 3 amide bonds. The van der Waals surface area contributed by atoms with Crippen LogP contribution in [-0.2, 0) is 19.2 Å². The molecule has 0 radical (unpaired) electrons. The van der Waals surface area contributed by atoms with Crippen molar-refractivity contribution in [2.24, 2.45) is 11.8 Å². The van der Waals surface area contributed by atoms with Crippen molar-refractivity contribution in [3.63, 3.8) is 0 Å². The summed E-state index contributed by atoms with van der Waals surface area (Å²) in [6.45, 7) is 8.83. The van der Waals surface area contributed by atoms with Crippen molar-refractivity contribution in [2.45, 2.75) is 90.4 Å². The van der Waals surface area contributed by atoms with Crippen molar-refractivity contribution in [1.29, 1.82) is 0 Å². The molecule has 2 saturated heterocycles. The lowest BCUT2D eigenvalue weighted by Gasteiger charge is -2.31. The monoisotopic (exact) mass is 438 g/mol. The number of nitrogens with zero attached hydrogens (tertiary/aromatic N) is 1. The minimum atomic E-state index is -1.08. The average Bonchev–Trinajstić information content (AvgIpc) is 3.41. The van der Waals surface area contributed by atoms with Gasteiger partial charge < -0.3 is 26.0 Å². The molecule has 0 spiro atoms. The number of likely N-dealkylation sites (tertiary alicyclic amines) is 1. The van der Waals surface area contributed by atoms with Crippen molar-refractivity contribution in [3.05, 3.63) is 0 Å². The number of carbonyl (C=O) groups excluding carboxylic acids is 3. The summed E-state index contributed by atoms with van der Waals surface area (Å²) in [4.78, 5) is 52.0. The average molecular weight is 439 g/mol. The van der Waals surface area contributed by atoms with Crippen LogP contribution in [0.25, 0.3) is 0 Å². The lowest BCUT2D eigenvalue weighted by molar-refractivity contribution is -0.146. The maximum Gasteiger partial charge on any atom is 0.326 e. The summed E-state index contributed by atoms with van der Waals surface area (Å²) in [6, 6.07) is -2.69. The molecule has 31 heavy (non-hydrogen) atoms. The highest BCUT2D eigenvalue weighted by molar-refractivity contribution is 5.94. The van der Waals surface area contributed by atoms with Crippen LogP contribution in [0.15, 0.2) is 0 Å². The van der Waals surface area contributed by atoms with Gasteiger partial charge in [-0.2, -0.15) is 0 Å². The molecule has 9 nitrogen and oxygen atoms in total. The Bertz CT molecular complexity index is 662. The van der Waals surface area contributed by atoms with Crippen LogP contribution < -0.4 is 16.0 Å². The van der Waals surface area contributed by atoms with E-state index in [9.17, 15) is 24.3 Å². The number of aliphatic carboxylic acids is 1. The van der Waals surface area contributed by atoms with Gasteiger partial charge in [-0.15, -0.1) is 0 Å². The maximum absolute atomic E-state index is 13.4. The summed E-state index contributed by atoms with van der Waals surface area (Å²) in [5.41, 5.74) is 0. The Morgan fingerprint density at radius 1 is 1.06 bits per heavy atom. The molecule has 2 aliphatic rings. The van der Waals surface area contributed by atoms with Crippen molar-refractivity contribution >= 4 is 23.7 Å². The quantitative estimate of drug-likeness (QED) is 0.401. The van der Waals surface area contributed by atoms with E-state index in [0.29, 0.717) is 32.2 Å². The van der Waals surface area contributed by atoms with Crippen LogP contribution in [-0.4, -0.2) is 71.0 Å². The number of rotatable bonds is 10. The number of carbonyl (C=O) groups is 4. The van der Waals surface area contributed by atoms with E-state index in [0.717, 1.165) is 19.4 Å². The Kier molecular flexibility index (Phi) is 9.28. The molecule has 0 aromatic rings. The highest BCUT2D eigenvalue weighted by atomic mass is 16.4. The van der Waals surface area contributed by atoms with Gasteiger partial charge in [0.05, 0.1) is 6.04 Å². The summed E-state index contributed by atoms with van der Waals surface area (Å²) >= 11 is 0. The molecule has 0 saturated carbocycles. The number of amides is 3. The summed E-state index contributed by atoms with van der Waals surface area (Å²) in [7, 11) is 0. The van der Waals surface area contributed by atoms with E-state index < -0.39 is 30.0 Å². The van der Waals surface area contributed by atoms with Crippen LogP contribution in [0, 0.1) is 11.8 Å². The number of carboxylic acid groups (broad SMARTS) is 1. The summed E-state index contributed by atoms with van der Waals surface area (Å²) in [5.74, 6) is -2.01. The summed E-state index contributed by atoms with van der Waals surface area (Å²) in [6.07, 6.45) is 3.91. The highest BCUT2D eigenvalue weighted by Gasteiger charge is 2.40. The van der Waals surface area contributed by atoms with Gasteiger partial charge in [0.25, 0.3) is 0 Å². The van der Waals surface area contributed by atoms with Gasteiger partial charge >= 0.3 is 5.97 Å². The zero-order valence-corrected chi connectivity index (χ0v) is 19.1. The Hall–Kier alpha value is -2.16. The Morgan fingerprint density at radius 2 is 1.77 bits per heavy atom. The first-order chi connectivity index (χ1) is 14.6. The first-order valence-corrected chi connectivity index (χ1v) is 11.5. The van der Waals surface area contributed by atoms with E-state index in [4.69, 9.17) is 0 Å². The zero-order valence-electron chi connectivity index (χ0n) is 19.1. The predicted molar refractivity (Wildman–Crippen MR) is 116 cm³/mol. The minimum absolute atomic E-state index is 0.181. The number of nitrogens with one attached hydrogen (secondary N) is 3. The van der Waals surface area contributed by atoms with Crippen molar-refractivity contribution in [1.82, 2.24) is 20.9 Å². The van der Waals surface area contributed by atoms with Gasteiger partial charge in [0, 0.05) is 6.54 Å². The third-order valence-corrected chi connectivity index (χ3v) is 6.31. The largest absolute Gasteiger partial charge is 0.480 e. The van der Waals surface area contributed by atoms with Crippen LogP contribution in [0.3, 0.4) is 0 Å². The topological polar surface area (TPSA) is 128 Å². The fourth-order valence-electron chi connectivity index (χ4n) is 4.31. The molecule has 4 N–H and O–H groups in total. The van der Waals surface area contributed by atoms with Gasteiger partial charge in [-0.3, -0.25) is 14.4 Å². The molecule has 2 fully saturated rings. The Labute approximate surface area is 184 Å². The van der Waals surface area contributed by atoms with Gasteiger partial charge in [-0.25, -0.2) is 4.79 Å². The Morgan fingerprint density at radius 3 is 2.32 bits per heavy atom. The third kappa shape index (κ3) is 6.66. The van der Waals surface area contributed by atoms with E-state index in [1.54, 1.807) is 6.92 Å². The normalized spacial score (nSPS) is 24.0. The number of hydrogen-bond acceptors (Lipinski definition) is 5. The van der Waals surface area contributed by atoms with E-state index >= 15 is 0 Å². The van der Waals surface area contributed by atoms with E-state index in [1.165, 1.54) is 4.90 Å². The highest BCUT2D eigenvalue weighted by Crippen LogP contribution is 2.21. The lowest BCUT2D eigenvalue weighted by atomic mass is 9.98. The van der Waals surface area contributed by atoms with Crippen LogP contribution in [0.4, 0.5) is 0 Å². The van der Waals surface area contributed by atoms with E-state index in [1.807, 2.05) is 20.8 Å². The van der Waals surface area contributed by atoms with Crippen LogP contribution >= 0.6 is 0 Å². The smallest absolute Gasteiger partial charge is 0.326 e. The van der Waals surface area contributed by atoms with Gasteiger partial charge in [0.15, 0.2) is 0 Å². The van der Waals surface area contributed by atoms with Crippen LogP contribution in [0.5, 0.6) is 0 Å². The molecule has 2 aliphatic heterocycles. The number of hydrogen-bond donors (Lipinski definition) is 4. The van der Waals surface area contributed by atoms with Gasteiger partial charge in [-0.05, 0) is 50.5 Å². The van der Waals surface area contributed by atoms with Crippen molar-refractivity contribution in [3.8, 4) is 0 Å². The van der Waals surface area contributed by atoms with E-state index in [2.05, 4.69) is 16.0 Å². The molecule has 5 unspecified atom stereocenters. The molecule has 5 atom stereocenters. The standard InChI is InChI=1S/C22H38N4O5/c1-5-14(4)18(22(30)31)25-20(28)17-9-7-11-26(17)21(29)16(12-13(2)3)24-19(27)15-8-6-10-23-15/h13-18,23H,5-12H2,1-4H3,(H,24,27)(H,25,28)(H,30,31). The molecular weight excluding hydrogens is 400 g/mol. The SMILES string of the molecule is CCC(C)C(NC(=O)C1CCCN1C(=O)C(CC(C)C)NC(=O)C1CCCN1)C(=O)O. The number of carboxylic acids is 1. The molecule has 0 aromatic heterocycles. The first-order valence-electron chi connectivity index (χ1n) is 11.5. The molecular formula is C22H38N4O5. The van der Waals surface area contributed by atoms with Crippen LogP contribution in [0.1, 0.15) is 66.2 Å². The molecule has 2 rings (SSSR count). The molecule has 0 aliphatic carbocycles. The molecule has 2 heterocycles. The second-order valence-electron chi connectivity index (χ2n) is 9.24. The van der Waals surface area contributed by atoms with Gasteiger partial charge in [-0.1, -0.05) is 34.1 Å². The summed E-state index contributed by atoms with van der Waals surface area (Å²) < 4.78 is 0. The summed E-state index contributed by atoms with van der Waals surface area (Å²) in [5, 5.41) is 18.1. The molecule has 176 valence electrons.